The fourth-order valence-corrected chi connectivity index (χ4v) is 5.73. The Morgan fingerprint density at radius 2 is 1.55 bits per heavy atom. The SMILES string of the molecule is C/C(=C\c1ccc(C(=O)O)c(C(C)C)c1)c1cc2c(cc1CC(C)C)C(C)(C)C(C)C2(C)C. The van der Waals surface area contributed by atoms with Crippen molar-refractivity contribution in [1.29, 1.82) is 0 Å². The first-order chi connectivity index (χ1) is 15.2. The highest BCUT2D eigenvalue weighted by molar-refractivity contribution is 5.91. The molecule has 0 saturated heterocycles. The third-order valence-electron chi connectivity index (χ3n) is 8.16. The largest absolute Gasteiger partial charge is 0.478 e. The Morgan fingerprint density at radius 1 is 0.970 bits per heavy atom. The number of fused-ring (bicyclic) bond motifs is 1. The van der Waals surface area contributed by atoms with Crippen molar-refractivity contribution in [3.05, 3.63) is 69.3 Å². The number of allylic oxidation sites excluding steroid dienone is 1. The summed E-state index contributed by atoms with van der Waals surface area (Å²) in [4.78, 5) is 11.7. The maximum Gasteiger partial charge on any atom is 0.335 e. The molecular formula is C31H42O2. The van der Waals surface area contributed by atoms with E-state index in [0.717, 1.165) is 17.5 Å². The molecule has 0 bridgehead atoms. The van der Waals surface area contributed by atoms with Crippen LogP contribution in [0.3, 0.4) is 0 Å². The first-order valence-electron chi connectivity index (χ1n) is 12.4. The van der Waals surface area contributed by atoms with Gasteiger partial charge in [0, 0.05) is 0 Å². The molecule has 0 amide bonds. The number of rotatable bonds is 6. The molecule has 33 heavy (non-hydrogen) atoms. The third-order valence-corrected chi connectivity index (χ3v) is 8.16. The van der Waals surface area contributed by atoms with Gasteiger partial charge in [0.15, 0.2) is 0 Å². The van der Waals surface area contributed by atoms with Crippen LogP contribution in [0.4, 0.5) is 0 Å². The summed E-state index contributed by atoms with van der Waals surface area (Å²) in [6.45, 7) is 22.8. The number of carboxylic acid groups (broad SMARTS) is 1. The minimum Gasteiger partial charge on any atom is -0.478 e. The molecule has 0 aromatic heterocycles. The van der Waals surface area contributed by atoms with E-state index in [1.165, 1.54) is 27.8 Å². The van der Waals surface area contributed by atoms with Crippen molar-refractivity contribution in [1.82, 2.24) is 0 Å². The quantitative estimate of drug-likeness (QED) is 0.452. The van der Waals surface area contributed by atoms with E-state index in [0.29, 0.717) is 17.4 Å². The third kappa shape index (κ3) is 4.54. The molecule has 0 aliphatic heterocycles. The average Bonchev–Trinajstić information content (AvgIpc) is 2.83. The van der Waals surface area contributed by atoms with Gasteiger partial charge in [-0.15, -0.1) is 0 Å². The molecule has 0 saturated carbocycles. The van der Waals surface area contributed by atoms with E-state index >= 15 is 0 Å². The monoisotopic (exact) mass is 446 g/mol. The maximum atomic E-state index is 11.7. The average molecular weight is 447 g/mol. The summed E-state index contributed by atoms with van der Waals surface area (Å²) < 4.78 is 0. The maximum absolute atomic E-state index is 11.7. The standard InChI is InChI=1S/C31H42O2/c1-18(2)13-23-16-27-28(31(9,10)21(6)30(27,7)8)17-26(23)20(5)14-22-11-12-24(29(32)33)25(15-22)19(3)4/h11-12,14-19,21H,13H2,1-10H3,(H,32,33)/b20-14+. The van der Waals surface area contributed by atoms with Gasteiger partial charge in [-0.25, -0.2) is 4.79 Å². The van der Waals surface area contributed by atoms with Crippen LogP contribution in [0.2, 0.25) is 0 Å². The van der Waals surface area contributed by atoms with Crippen molar-refractivity contribution in [2.24, 2.45) is 11.8 Å². The second-order valence-electron chi connectivity index (χ2n) is 12.0. The molecule has 1 aliphatic carbocycles. The van der Waals surface area contributed by atoms with Gasteiger partial charge in [-0.2, -0.15) is 0 Å². The molecule has 2 aromatic carbocycles. The smallest absolute Gasteiger partial charge is 0.335 e. The predicted octanol–water partition coefficient (Wildman–Crippen LogP) is 8.47. The molecule has 1 N–H and O–H groups in total. The molecule has 0 radical (unpaired) electrons. The Bertz CT molecular complexity index is 1100. The van der Waals surface area contributed by atoms with E-state index < -0.39 is 5.97 Å². The molecule has 1 aliphatic rings. The minimum absolute atomic E-state index is 0.123. The van der Waals surface area contributed by atoms with Crippen LogP contribution in [0.1, 0.15) is 119 Å². The van der Waals surface area contributed by atoms with Gasteiger partial charge in [0.25, 0.3) is 0 Å². The Kier molecular flexibility index (Phi) is 6.72. The summed E-state index contributed by atoms with van der Waals surface area (Å²) in [6, 6.07) is 10.7. The van der Waals surface area contributed by atoms with Gasteiger partial charge in [-0.3, -0.25) is 0 Å². The highest BCUT2D eigenvalue weighted by atomic mass is 16.4. The zero-order valence-electron chi connectivity index (χ0n) is 22.3. The number of benzene rings is 2. The molecular weight excluding hydrogens is 404 g/mol. The Balaban J connectivity index is 2.18. The second-order valence-corrected chi connectivity index (χ2v) is 12.0. The molecule has 2 aromatic rings. The molecule has 178 valence electrons. The summed E-state index contributed by atoms with van der Waals surface area (Å²) in [7, 11) is 0. The fraction of sp³-hybridized carbons (Fsp3) is 0.516. The van der Waals surface area contributed by atoms with E-state index in [-0.39, 0.29) is 16.7 Å². The first-order valence-corrected chi connectivity index (χ1v) is 12.4. The highest BCUT2D eigenvalue weighted by Gasteiger charge is 2.48. The number of hydrogen-bond acceptors (Lipinski definition) is 1. The van der Waals surface area contributed by atoms with Crippen molar-refractivity contribution in [3.63, 3.8) is 0 Å². The van der Waals surface area contributed by atoms with Gasteiger partial charge in [0.1, 0.15) is 0 Å². The number of aromatic carboxylic acids is 1. The van der Waals surface area contributed by atoms with Gasteiger partial charge < -0.3 is 5.11 Å². The number of hydrogen-bond donors (Lipinski definition) is 1. The summed E-state index contributed by atoms with van der Waals surface area (Å²) >= 11 is 0. The van der Waals surface area contributed by atoms with Crippen molar-refractivity contribution in [2.45, 2.75) is 92.4 Å². The van der Waals surface area contributed by atoms with Crippen LogP contribution in [-0.2, 0) is 17.3 Å². The zero-order valence-corrected chi connectivity index (χ0v) is 22.3. The Hall–Kier alpha value is -2.35. The van der Waals surface area contributed by atoms with Gasteiger partial charge in [-0.1, -0.05) is 92.7 Å². The molecule has 1 atom stereocenters. The topological polar surface area (TPSA) is 37.3 Å². The molecule has 3 rings (SSSR count). The lowest BCUT2D eigenvalue weighted by atomic mass is 9.71. The predicted molar refractivity (Wildman–Crippen MR) is 141 cm³/mol. The summed E-state index contributed by atoms with van der Waals surface area (Å²) in [5.41, 5.74) is 9.57. The first kappa shape index (κ1) is 25.3. The van der Waals surface area contributed by atoms with E-state index in [1.807, 2.05) is 26.0 Å². The molecule has 1 unspecified atom stereocenters. The second kappa shape index (κ2) is 8.78. The zero-order chi connectivity index (χ0) is 24.9. The van der Waals surface area contributed by atoms with E-state index in [4.69, 9.17) is 0 Å². The minimum atomic E-state index is -0.859. The van der Waals surface area contributed by atoms with Gasteiger partial charge >= 0.3 is 5.97 Å². The fourth-order valence-electron chi connectivity index (χ4n) is 5.73. The summed E-state index contributed by atoms with van der Waals surface area (Å²) in [5.74, 6) is 0.434. The Morgan fingerprint density at radius 3 is 2.06 bits per heavy atom. The van der Waals surface area contributed by atoms with Crippen molar-refractivity contribution < 1.29 is 9.90 Å². The molecule has 0 spiro atoms. The molecule has 2 heteroatoms. The molecule has 0 fully saturated rings. The van der Waals surface area contributed by atoms with Crippen molar-refractivity contribution in [2.75, 3.05) is 0 Å². The van der Waals surface area contributed by atoms with Crippen LogP contribution in [0.15, 0.2) is 30.3 Å². The van der Waals surface area contributed by atoms with Crippen LogP contribution in [0, 0.1) is 11.8 Å². The molecule has 0 heterocycles. The number of carboxylic acids is 1. The van der Waals surface area contributed by atoms with Crippen LogP contribution in [0.25, 0.3) is 11.6 Å². The van der Waals surface area contributed by atoms with Crippen LogP contribution < -0.4 is 0 Å². The van der Waals surface area contributed by atoms with Crippen molar-refractivity contribution in [3.8, 4) is 0 Å². The normalized spacial score (nSPS) is 19.3. The lowest BCUT2D eigenvalue weighted by molar-refractivity contribution is 0.0695. The van der Waals surface area contributed by atoms with Gasteiger partial charge in [0.05, 0.1) is 5.56 Å². The van der Waals surface area contributed by atoms with Gasteiger partial charge in [-0.05, 0) is 86.9 Å². The molecule has 2 nitrogen and oxygen atoms in total. The van der Waals surface area contributed by atoms with E-state index in [2.05, 4.69) is 73.6 Å². The van der Waals surface area contributed by atoms with Crippen molar-refractivity contribution >= 4 is 17.6 Å². The highest BCUT2D eigenvalue weighted by Crippen LogP contribution is 2.54. The van der Waals surface area contributed by atoms with Crippen LogP contribution in [0.5, 0.6) is 0 Å². The lowest BCUT2D eigenvalue weighted by Gasteiger charge is -2.32. The summed E-state index contributed by atoms with van der Waals surface area (Å²) in [6.07, 6.45) is 3.27. The summed E-state index contributed by atoms with van der Waals surface area (Å²) in [5, 5.41) is 9.57. The van der Waals surface area contributed by atoms with Gasteiger partial charge in [0.2, 0.25) is 0 Å². The lowest BCUT2D eigenvalue weighted by Crippen LogP contribution is -2.30. The Labute approximate surface area is 201 Å². The number of carbonyl (C=O) groups is 1. The van der Waals surface area contributed by atoms with Crippen LogP contribution >= 0.6 is 0 Å². The van der Waals surface area contributed by atoms with Crippen LogP contribution in [-0.4, -0.2) is 11.1 Å². The van der Waals surface area contributed by atoms with E-state index in [1.54, 1.807) is 6.07 Å². The van der Waals surface area contributed by atoms with E-state index in [9.17, 15) is 9.90 Å².